The van der Waals surface area contributed by atoms with Crippen molar-refractivity contribution in [2.75, 3.05) is 53.6 Å². The van der Waals surface area contributed by atoms with Gasteiger partial charge in [0.15, 0.2) is 17.3 Å². The van der Waals surface area contributed by atoms with E-state index in [1.807, 2.05) is 51.9 Å². The molecule has 3 aromatic carbocycles. The number of hydrogen-bond acceptors (Lipinski definition) is 10. The Kier molecular flexibility index (Phi) is 11.6. The van der Waals surface area contributed by atoms with Gasteiger partial charge in [-0.1, -0.05) is 42.5 Å². The van der Waals surface area contributed by atoms with Crippen LogP contribution >= 0.6 is 0 Å². The van der Waals surface area contributed by atoms with Crippen LogP contribution in [0.2, 0.25) is 0 Å². The maximum Gasteiger partial charge on any atom is 0.308 e. The van der Waals surface area contributed by atoms with E-state index in [2.05, 4.69) is 29.2 Å². The third kappa shape index (κ3) is 8.30. The number of piperidine rings is 1. The highest BCUT2D eigenvalue weighted by Gasteiger charge is 2.42. The molecule has 0 saturated carbocycles. The fraction of sp³-hybridized carbons (Fsp3) is 0.395. The molecule has 2 fully saturated rings. The van der Waals surface area contributed by atoms with Gasteiger partial charge in [0.1, 0.15) is 12.4 Å². The lowest BCUT2D eigenvalue weighted by Crippen LogP contribution is -2.41. The number of esters is 1. The number of nitrogens with zero attached hydrogens (tertiary/aromatic N) is 4. The number of ketones is 1. The third-order valence-electron chi connectivity index (χ3n) is 11.0. The van der Waals surface area contributed by atoms with Crippen LogP contribution in [0.15, 0.2) is 89.5 Å². The van der Waals surface area contributed by atoms with Crippen LogP contribution in [0, 0.1) is 5.92 Å². The SMILES string of the molecule is COc1cc(C(=O)N2CCC(CCN3CCC(C(=O)c4nc5ccccc5n4CCOCc4ccco4)CC3)(c3ccccc3)C2)cc(OC)c1OC(C)=O. The molecular formula is C43H48N4O8. The van der Waals surface area contributed by atoms with Gasteiger partial charge in [-0.25, -0.2) is 4.98 Å². The van der Waals surface area contributed by atoms with Crippen molar-refractivity contribution in [1.82, 2.24) is 19.4 Å². The first-order valence-corrected chi connectivity index (χ1v) is 18.9. The van der Waals surface area contributed by atoms with E-state index in [4.69, 9.17) is 28.3 Å². The van der Waals surface area contributed by atoms with Crippen molar-refractivity contribution in [2.24, 2.45) is 5.92 Å². The first kappa shape index (κ1) is 37.8. The number of aromatic nitrogens is 2. The first-order valence-electron chi connectivity index (χ1n) is 18.9. The average molecular weight is 749 g/mol. The van der Waals surface area contributed by atoms with Crippen LogP contribution in [-0.2, 0) is 28.1 Å². The zero-order valence-corrected chi connectivity index (χ0v) is 31.7. The van der Waals surface area contributed by atoms with Crippen LogP contribution in [0.25, 0.3) is 11.0 Å². The summed E-state index contributed by atoms with van der Waals surface area (Å²) in [5.41, 5.74) is 3.11. The monoisotopic (exact) mass is 748 g/mol. The van der Waals surface area contributed by atoms with Crippen LogP contribution in [0.1, 0.15) is 64.9 Å². The summed E-state index contributed by atoms with van der Waals surface area (Å²) in [6, 6.07) is 25.2. The highest BCUT2D eigenvalue weighted by molar-refractivity contribution is 5.98. The molecule has 55 heavy (non-hydrogen) atoms. The number of fused-ring (bicyclic) bond motifs is 1. The molecule has 2 aliphatic rings. The van der Waals surface area contributed by atoms with Crippen LogP contribution in [0.5, 0.6) is 17.2 Å². The molecule has 12 heteroatoms. The summed E-state index contributed by atoms with van der Waals surface area (Å²) in [5.74, 6) is 1.22. The Labute approximate surface area is 320 Å². The zero-order valence-electron chi connectivity index (χ0n) is 31.7. The molecule has 0 aliphatic carbocycles. The summed E-state index contributed by atoms with van der Waals surface area (Å²) in [7, 11) is 2.92. The number of carbonyl (C=O) groups is 3. The van der Waals surface area contributed by atoms with Gasteiger partial charge in [0, 0.05) is 43.5 Å². The second-order valence-electron chi connectivity index (χ2n) is 14.4. The number of benzene rings is 3. The van der Waals surface area contributed by atoms with Crippen molar-refractivity contribution in [3.63, 3.8) is 0 Å². The van der Waals surface area contributed by atoms with Crippen molar-refractivity contribution in [3.05, 3.63) is 108 Å². The molecule has 0 bridgehead atoms. The molecule has 2 aliphatic heterocycles. The van der Waals surface area contributed by atoms with Gasteiger partial charge >= 0.3 is 5.97 Å². The van der Waals surface area contributed by atoms with Gasteiger partial charge in [-0.3, -0.25) is 14.4 Å². The summed E-state index contributed by atoms with van der Waals surface area (Å²) in [6.07, 6.45) is 4.83. The molecule has 2 aromatic heterocycles. The van der Waals surface area contributed by atoms with Gasteiger partial charge in [0.05, 0.1) is 38.1 Å². The van der Waals surface area contributed by atoms with E-state index in [0.717, 1.165) is 62.1 Å². The minimum absolute atomic E-state index is 0.0849. The first-order chi connectivity index (χ1) is 26.8. The quantitative estimate of drug-likeness (QED) is 0.0503. The number of ether oxygens (including phenoxy) is 4. The Morgan fingerprint density at radius 3 is 2.31 bits per heavy atom. The number of para-hydroxylation sites is 2. The van der Waals surface area contributed by atoms with Crippen molar-refractivity contribution >= 4 is 28.7 Å². The van der Waals surface area contributed by atoms with E-state index in [0.29, 0.717) is 44.2 Å². The number of Topliss-reactive ketones (excluding diaryl/α,β-unsaturated/α-hetero) is 1. The molecule has 1 atom stereocenters. The van der Waals surface area contributed by atoms with E-state index < -0.39 is 5.97 Å². The predicted molar refractivity (Wildman–Crippen MR) is 206 cm³/mol. The highest BCUT2D eigenvalue weighted by Crippen LogP contribution is 2.42. The number of likely N-dealkylation sites (tertiary alicyclic amines) is 2. The molecule has 0 N–H and O–H groups in total. The Bertz CT molecular complexity index is 2080. The zero-order chi connectivity index (χ0) is 38.4. The fourth-order valence-electron chi connectivity index (χ4n) is 8.04. The molecule has 7 rings (SSSR count). The summed E-state index contributed by atoms with van der Waals surface area (Å²) >= 11 is 0. The van der Waals surface area contributed by atoms with Gasteiger partial charge in [0.25, 0.3) is 5.91 Å². The Hall–Kier alpha value is -5.46. The van der Waals surface area contributed by atoms with Gasteiger partial charge < -0.3 is 37.7 Å². The molecule has 0 radical (unpaired) electrons. The van der Waals surface area contributed by atoms with Gasteiger partial charge in [-0.05, 0) is 87.3 Å². The maximum absolute atomic E-state index is 14.0. The van der Waals surface area contributed by atoms with Gasteiger partial charge in [0.2, 0.25) is 11.5 Å². The van der Waals surface area contributed by atoms with E-state index in [1.165, 1.54) is 26.7 Å². The minimum atomic E-state index is -0.515. The molecule has 0 spiro atoms. The van der Waals surface area contributed by atoms with E-state index in [-0.39, 0.29) is 40.3 Å². The van der Waals surface area contributed by atoms with Crippen molar-refractivity contribution in [2.45, 2.75) is 51.2 Å². The molecule has 2 saturated heterocycles. The molecule has 5 aromatic rings. The number of methoxy groups -OCH3 is 2. The number of imidazole rings is 1. The lowest BCUT2D eigenvalue weighted by Gasteiger charge is -2.36. The fourth-order valence-corrected chi connectivity index (χ4v) is 8.04. The molecular weight excluding hydrogens is 700 g/mol. The Balaban J connectivity index is 1.00. The van der Waals surface area contributed by atoms with E-state index >= 15 is 0 Å². The molecule has 12 nitrogen and oxygen atoms in total. The standard InChI is InChI=1S/C43H48N4O8/c1-30(48)55-40-37(51-2)26-32(27-38(40)52-3)42(50)46-22-18-43(29-46,33-10-5-4-6-11-33)17-21-45-19-15-31(16-20-45)39(49)41-44-35-13-7-8-14-36(35)47(41)23-25-53-28-34-12-9-24-54-34/h4-14,24,26-27,31H,15-23,25,28-29H2,1-3H3. The largest absolute Gasteiger partial charge is 0.493 e. The molecule has 4 heterocycles. The van der Waals surface area contributed by atoms with Gasteiger partial charge in [-0.15, -0.1) is 0 Å². The summed E-state index contributed by atoms with van der Waals surface area (Å²) in [4.78, 5) is 49.0. The average Bonchev–Trinajstić information content (AvgIpc) is 3.99. The van der Waals surface area contributed by atoms with Crippen molar-refractivity contribution in [3.8, 4) is 17.2 Å². The smallest absolute Gasteiger partial charge is 0.308 e. The number of carbonyl (C=O) groups excluding carboxylic acids is 3. The second kappa shape index (κ2) is 16.9. The summed E-state index contributed by atoms with van der Waals surface area (Å²) in [5, 5.41) is 0. The third-order valence-corrected chi connectivity index (χ3v) is 11.0. The normalized spacial score (nSPS) is 17.8. The Morgan fingerprint density at radius 2 is 1.62 bits per heavy atom. The van der Waals surface area contributed by atoms with Gasteiger partial charge in [-0.2, -0.15) is 0 Å². The minimum Gasteiger partial charge on any atom is -0.493 e. The maximum atomic E-state index is 14.0. The lowest BCUT2D eigenvalue weighted by molar-refractivity contribution is -0.132. The molecule has 1 unspecified atom stereocenters. The Morgan fingerprint density at radius 1 is 0.891 bits per heavy atom. The molecule has 288 valence electrons. The summed E-state index contributed by atoms with van der Waals surface area (Å²) in [6.45, 7) is 6.24. The van der Waals surface area contributed by atoms with Crippen LogP contribution in [0.3, 0.4) is 0 Å². The number of hydrogen-bond donors (Lipinski definition) is 0. The number of rotatable bonds is 15. The summed E-state index contributed by atoms with van der Waals surface area (Å²) < 4.78 is 29.6. The van der Waals surface area contributed by atoms with E-state index in [1.54, 1.807) is 18.4 Å². The lowest BCUT2D eigenvalue weighted by atomic mass is 9.76. The highest BCUT2D eigenvalue weighted by atomic mass is 16.6. The number of furan rings is 1. The van der Waals surface area contributed by atoms with Crippen LogP contribution in [-0.4, -0.2) is 90.6 Å². The topological polar surface area (TPSA) is 126 Å². The molecule has 1 amide bonds. The predicted octanol–water partition coefficient (Wildman–Crippen LogP) is 6.56. The van der Waals surface area contributed by atoms with Crippen molar-refractivity contribution in [1.29, 1.82) is 0 Å². The second-order valence-corrected chi connectivity index (χ2v) is 14.4. The van der Waals surface area contributed by atoms with E-state index in [9.17, 15) is 14.4 Å². The number of amides is 1. The van der Waals surface area contributed by atoms with Crippen molar-refractivity contribution < 1.29 is 37.7 Å². The van der Waals surface area contributed by atoms with Crippen LogP contribution < -0.4 is 14.2 Å². The van der Waals surface area contributed by atoms with Crippen LogP contribution in [0.4, 0.5) is 0 Å².